The van der Waals surface area contributed by atoms with Crippen molar-refractivity contribution in [1.82, 2.24) is 14.7 Å². The number of rotatable bonds is 5. The molecule has 23 heavy (non-hydrogen) atoms. The summed E-state index contributed by atoms with van der Waals surface area (Å²) in [6.07, 6.45) is 3.54. The molecule has 1 N–H and O–H groups in total. The summed E-state index contributed by atoms with van der Waals surface area (Å²) in [5.74, 6) is 0.166. The number of carbonyl (C=O) groups is 1. The van der Waals surface area contributed by atoms with E-state index in [4.69, 9.17) is 0 Å². The van der Waals surface area contributed by atoms with E-state index >= 15 is 0 Å². The van der Waals surface area contributed by atoms with E-state index in [1.807, 2.05) is 0 Å². The van der Waals surface area contributed by atoms with E-state index in [-0.39, 0.29) is 11.3 Å². The van der Waals surface area contributed by atoms with Gasteiger partial charge in [0.15, 0.2) is 0 Å². The van der Waals surface area contributed by atoms with Crippen molar-refractivity contribution in [2.75, 3.05) is 0 Å². The molecule has 120 valence electrons. The zero-order valence-corrected chi connectivity index (χ0v) is 13.5. The number of benzene rings is 1. The highest BCUT2D eigenvalue weighted by atomic mass is 32.2. The van der Waals surface area contributed by atoms with Gasteiger partial charge in [-0.25, -0.2) is 23.1 Å². The molecule has 1 amide bonds. The van der Waals surface area contributed by atoms with Crippen molar-refractivity contribution in [3.8, 4) is 0 Å². The average Bonchev–Trinajstić information content (AvgIpc) is 3.31. The first kappa shape index (κ1) is 15.6. The minimum Gasteiger partial charge on any atom is -0.268 e. The second-order valence-electron chi connectivity index (χ2n) is 5.68. The number of hydrogen-bond acceptors (Lipinski definition) is 5. The third-order valence-electron chi connectivity index (χ3n) is 3.63. The summed E-state index contributed by atoms with van der Waals surface area (Å²) < 4.78 is 26.3. The SMILES string of the molecule is Cc1nc(C2CC2)ncc1C(=O)NS(=O)(=O)Cc1ccccc1. The second-order valence-corrected chi connectivity index (χ2v) is 7.40. The van der Waals surface area contributed by atoms with Crippen LogP contribution < -0.4 is 4.72 Å². The molecule has 6 nitrogen and oxygen atoms in total. The fraction of sp³-hybridized carbons (Fsp3) is 0.312. The number of nitrogens with one attached hydrogen (secondary N) is 1. The third-order valence-corrected chi connectivity index (χ3v) is 4.84. The molecule has 7 heteroatoms. The van der Waals surface area contributed by atoms with Crippen molar-refractivity contribution in [2.45, 2.75) is 31.4 Å². The molecule has 0 atom stereocenters. The van der Waals surface area contributed by atoms with Gasteiger partial charge in [-0.1, -0.05) is 30.3 Å². The van der Waals surface area contributed by atoms with E-state index in [9.17, 15) is 13.2 Å². The number of aromatic nitrogens is 2. The fourth-order valence-corrected chi connectivity index (χ4v) is 3.37. The van der Waals surface area contributed by atoms with Crippen LogP contribution in [0.15, 0.2) is 36.5 Å². The number of aryl methyl sites for hydroxylation is 1. The Morgan fingerprint density at radius 2 is 1.96 bits per heavy atom. The monoisotopic (exact) mass is 331 g/mol. The Morgan fingerprint density at radius 1 is 1.26 bits per heavy atom. The van der Waals surface area contributed by atoms with Crippen molar-refractivity contribution in [1.29, 1.82) is 0 Å². The lowest BCUT2D eigenvalue weighted by Gasteiger charge is -2.09. The topological polar surface area (TPSA) is 89.0 Å². The zero-order chi connectivity index (χ0) is 16.4. The molecule has 1 aromatic heterocycles. The average molecular weight is 331 g/mol. The van der Waals surface area contributed by atoms with Crippen molar-refractivity contribution >= 4 is 15.9 Å². The van der Waals surface area contributed by atoms with E-state index < -0.39 is 15.9 Å². The lowest BCUT2D eigenvalue weighted by molar-refractivity contribution is 0.0980. The van der Waals surface area contributed by atoms with Gasteiger partial charge in [0.25, 0.3) is 5.91 Å². The Bertz CT molecular complexity index is 831. The Hall–Kier alpha value is -2.28. The van der Waals surface area contributed by atoms with Crippen molar-refractivity contribution in [2.24, 2.45) is 0 Å². The van der Waals surface area contributed by atoms with Crippen LogP contribution in [0.5, 0.6) is 0 Å². The number of amides is 1. The molecule has 0 spiro atoms. The smallest absolute Gasteiger partial charge is 0.268 e. The number of carbonyl (C=O) groups excluding carboxylic acids is 1. The van der Waals surface area contributed by atoms with Gasteiger partial charge < -0.3 is 0 Å². The van der Waals surface area contributed by atoms with Gasteiger partial charge in [-0.15, -0.1) is 0 Å². The quantitative estimate of drug-likeness (QED) is 0.904. The van der Waals surface area contributed by atoms with E-state index in [1.165, 1.54) is 6.20 Å². The van der Waals surface area contributed by atoms with Crippen molar-refractivity contribution in [3.05, 3.63) is 59.2 Å². The molecule has 2 aromatic rings. The number of nitrogens with zero attached hydrogens (tertiary/aromatic N) is 2. The standard InChI is InChI=1S/C16H17N3O3S/c1-11-14(9-17-15(18-11)13-7-8-13)16(20)19-23(21,22)10-12-5-3-2-4-6-12/h2-6,9,13H,7-8,10H2,1H3,(H,19,20). The van der Waals surface area contributed by atoms with E-state index in [0.29, 0.717) is 17.2 Å². The maximum Gasteiger partial charge on any atom is 0.268 e. The summed E-state index contributed by atoms with van der Waals surface area (Å²) >= 11 is 0. The second kappa shape index (κ2) is 6.08. The summed E-state index contributed by atoms with van der Waals surface area (Å²) in [5, 5.41) is 0. The van der Waals surface area contributed by atoms with E-state index in [1.54, 1.807) is 37.3 Å². The minimum absolute atomic E-state index is 0.186. The van der Waals surface area contributed by atoms with Crippen LogP contribution in [0, 0.1) is 6.92 Å². The molecular formula is C16H17N3O3S. The Morgan fingerprint density at radius 3 is 2.57 bits per heavy atom. The van der Waals surface area contributed by atoms with Gasteiger partial charge in [-0.05, 0) is 25.3 Å². The highest BCUT2D eigenvalue weighted by Gasteiger charge is 2.27. The molecule has 1 fully saturated rings. The Labute approximate surface area is 135 Å². The van der Waals surface area contributed by atoms with Crippen LogP contribution in [0.3, 0.4) is 0 Å². The summed E-state index contributed by atoms with van der Waals surface area (Å²) in [6, 6.07) is 8.70. The number of hydrogen-bond donors (Lipinski definition) is 1. The molecule has 0 aliphatic heterocycles. The maximum absolute atomic E-state index is 12.2. The van der Waals surface area contributed by atoms with Gasteiger partial charge in [0.05, 0.1) is 17.0 Å². The molecule has 1 saturated carbocycles. The molecule has 1 heterocycles. The Balaban J connectivity index is 1.73. The van der Waals surface area contributed by atoms with Crippen molar-refractivity contribution in [3.63, 3.8) is 0 Å². The predicted molar refractivity (Wildman–Crippen MR) is 85.3 cm³/mol. The lowest BCUT2D eigenvalue weighted by Crippen LogP contribution is -2.32. The van der Waals surface area contributed by atoms with Crippen molar-refractivity contribution < 1.29 is 13.2 Å². The lowest BCUT2D eigenvalue weighted by atomic mass is 10.2. The van der Waals surface area contributed by atoms with Crippen LogP contribution in [0.25, 0.3) is 0 Å². The largest absolute Gasteiger partial charge is 0.268 e. The Kier molecular flexibility index (Phi) is 4.12. The molecular weight excluding hydrogens is 314 g/mol. The van der Waals surface area contributed by atoms with Crippen LogP contribution >= 0.6 is 0 Å². The van der Waals surface area contributed by atoms with Crippen LogP contribution in [-0.2, 0) is 15.8 Å². The summed E-state index contributed by atoms with van der Waals surface area (Å²) in [6.45, 7) is 1.69. The molecule has 0 saturated heterocycles. The first-order chi connectivity index (χ1) is 10.9. The summed E-state index contributed by atoms with van der Waals surface area (Å²) in [7, 11) is -3.77. The van der Waals surface area contributed by atoms with Crippen LogP contribution in [0.2, 0.25) is 0 Å². The van der Waals surface area contributed by atoms with Gasteiger partial charge in [0.2, 0.25) is 10.0 Å². The van der Waals surface area contributed by atoms with Crippen LogP contribution in [0.4, 0.5) is 0 Å². The first-order valence-corrected chi connectivity index (χ1v) is 9.02. The number of sulfonamides is 1. The van der Waals surface area contributed by atoms with Gasteiger partial charge >= 0.3 is 0 Å². The predicted octanol–water partition coefficient (Wildman–Crippen LogP) is 1.92. The highest BCUT2D eigenvalue weighted by molar-refractivity contribution is 7.89. The van der Waals surface area contributed by atoms with Gasteiger partial charge in [-0.2, -0.15) is 0 Å². The van der Waals surface area contributed by atoms with Crippen LogP contribution in [0.1, 0.15) is 46.2 Å². The molecule has 1 aromatic carbocycles. The molecule has 0 unspecified atom stereocenters. The van der Waals surface area contributed by atoms with E-state index in [2.05, 4.69) is 14.7 Å². The normalized spacial score (nSPS) is 14.5. The summed E-state index contributed by atoms with van der Waals surface area (Å²) in [5.41, 5.74) is 1.30. The van der Waals surface area contributed by atoms with E-state index in [0.717, 1.165) is 18.7 Å². The molecule has 0 bridgehead atoms. The molecule has 1 aliphatic carbocycles. The van der Waals surface area contributed by atoms with Gasteiger partial charge in [0.1, 0.15) is 5.82 Å². The van der Waals surface area contributed by atoms with Crippen LogP contribution in [-0.4, -0.2) is 24.3 Å². The first-order valence-electron chi connectivity index (χ1n) is 7.37. The molecule has 3 rings (SSSR count). The van der Waals surface area contributed by atoms with Gasteiger partial charge in [-0.3, -0.25) is 4.79 Å². The maximum atomic E-state index is 12.2. The molecule has 0 radical (unpaired) electrons. The molecule has 1 aliphatic rings. The zero-order valence-electron chi connectivity index (χ0n) is 12.7. The summed E-state index contributed by atoms with van der Waals surface area (Å²) in [4.78, 5) is 20.7. The third kappa shape index (κ3) is 3.92. The fourth-order valence-electron chi connectivity index (χ4n) is 2.27. The highest BCUT2D eigenvalue weighted by Crippen LogP contribution is 2.37. The minimum atomic E-state index is -3.77. The van der Waals surface area contributed by atoms with Gasteiger partial charge in [0, 0.05) is 12.1 Å².